The number of aliphatic hydroxyl groups is 3. The molecule has 5 heterocycles. The maximum atomic E-state index is 13.2. The van der Waals surface area contributed by atoms with E-state index in [2.05, 4.69) is 32.5 Å². The summed E-state index contributed by atoms with van der Waals surface area (Å²) in [6.07, 6.45) is -2.77. The average molecular weight is 590 g/mol. The summed E-state index contributed by atoms with van der Waals surface area (Å²) >= 11 is 4.05. The number of nitrogens with zero attached hydrogens (tertiary/aromatic N) is 5. The number of fused-ring (bicyclic) bond motifs is 1. The highest BCUT2D eigenvalue weighted by molar-refractivity contribution is 8.44. The van der Waals surface area contributed by atoms with Crippen LogP contribution in [0.2, 0.25) is 0 Å². The molecule has 3 aliphatic rings. The first-order chi connectivity index (χ1) is 18.6. The van der Waals surface area contributed by atoms with Crippen molar-refractivity contribution in [2.24, 2.45) is 0 Å². The number of hydrogen-bond donors (Lipinski definition) is 6. The number of ether oxygens (including phenoxy) is 3. The molecule has 0 saturated carbocycles. The third-order valence-corrected chi connectivity index (χ3v) is 8.16. The number of hydrogen-bond acceptors (Lipinski definition) is 15. The molecular weight excluding hydrogens is 561 g/mol. The molecular formula is C20H28N7O10PS. The van der Waals surface area contributed by atoms with E-state index in [4.69, 9.17) is 29.0 Å². The summed E-state index contributed by atoms with van der Waals surface area (Å²) in [6.45, 7) is -5.03. The molecule has 3 aliphatic heterocycles. The molecule has 0 spiro atoms. The van der Waals surface area contributed by atoms with Crippen LogP contribution in [-0.4, -0.2) is 109 Å². The zero-order valence-electron chi connectivity index (χ0n) is 20.5. The van der Waals surface area contributed by atoms with Crippen LogP contribution in [0.3, 0.4) is 0 Å². The molecule has 2 aromatic heterocycles. The Morgan fingerprint density at radius 1 is 1.26 bits per heavy atom. The van der Waals surface area contributed by atoms with Gasteiger partial charge in [-0.2, -0.15) is 0 Å². The van der Waals surface area contributed by atoms with E-state index in [1.807, 2.05) is 0 Å². The Labute approximate surface area is 226 Å². The number of aliphatic hydroxyl groups excluding tert-OH is 3. The molecule has 0 aromatic carbocycles. The number of carbonyl (C=O) groups is 1. The van der Waals surface area contributed by atoms with Crippen LogP contribution in [0.25, 0.3) is 11.2 Å². The van der Waals surface area contributed by atoms with Crippen molar-refractivity contribution >= 4 is 41.9 Å². The minimum absolute atomic E-state index is 0.166. The van der Waals surface area contributed by atoms with Crippen molar-refractivity contribution in [3.63, 3.8) is 0 Å². The molecule has 0 aliphatic carbocycles. The second-order valence-electron chi connectivity index (χ2n) is 8.94. The smallest absolute Gasteiger partial charge is 0.386 e. The molecule has 2 aromatic rings. The third kappa shape index (κ3) is 5.62. The Kier molecular flexibility index (Phi) is 8.12. The maximum absolute atomic E-state index is 13.2. The molecule has 19 heteroatoms. The Balaban J connectivity index is 1.23. The summed E-state index contributed by atoms with van der Waals surface area (Å²) in [5.41, 5.74) is 6.64. The number of anilines is 1. The van der Waals surface area contributed by atoms with E-state index in [0.717, 1.165) is 0 Å². The van der Waals surface area contributed by atoms with Gasteiger partial charge in [0.2, 0.25) is 12.3 Å². The number of rotatable bonds is 9. The van der Waals surface area contributed by atoms with Crippen LogP contribution < -0.4 is 11.1 Å². The van der Waals surface area contributed by atoms with Crippen LogP contribution >= 0.6 is 19.0 Å². The van der Waals surface area contributed by atoms with Crippen molar-refractivity contribution in [1.29, 1.82) is 0 Å². The Bertz CT molecular complexity index is 1280. The standard InChI is InChI=1S/C20H28N7O10PS/c1-33-16-15(10(5-28)36-19(16)26-3-2-12(30)25-20(26)31)37-38(32,39)34-6-11-9(29)4-13(35-11)27-8-24-14-17(21)22-7-23-18(14)27/h2-3,7-11,13,15-16,19-20,28-29,31H,4-6H2,1H3,(H,25,30)(H,32,39)(H2,21,22,23)/t9?,10-,11-,13-,15?,16?,19-,20?,38?/m1/s1. The lowest BCUT2D eigenvalue weighted by molar-refractivity contribution is -0.156. The molecule has 0 radical (unpaired) electrons. The first-order valence-corrected chi connectivity index (χ1v) is 14.5. The van der Waals surface area contributed by atoms with E-state index in [9.17, 15) is 24.7 Å². The van der Waals surface area contributed by atoms with Gasteiger partial charge in [0.05, 0.1) is 25.6 Å². The van der Waals surface area contributed by atoms with Crippen LogP contribution in [0.15, 0.2) is 24.9 Å². The van der Waals surface area contributed by atoms with Gasteiger partial charge < -0.3 is 45.5 Å². The van der Waals surface area contributed by atoms with E-state index in [1.165, 1.54) is 36.9 Å². The number of thiol groups is 1. The van der Waals surface area contributed by atoms with Gasteiger partial charge in [-0.3, -0.25) is 18.4 Å². The largest absolute Gasteiger partial charge is 0.394 e. The van der Waals surface area contributed by atoms with Crippen LogP contribution in [0.1, 0.15) is 12.6 Å². The molecule has 0 bridgehead atoms. The molecule has 5 rings (SSSR count). The summed E-state index contributed by atoms with van der Waals surface area (Å²) in [5, 5.41) is 32.9. The van der Waals surface area contributed by atoms with Gasteiger partial charge in [0.15, 0.2) is 17.7 Å². The number of aromatic nitrogens is 4. The summed E-state index contributed by atoms with van der Waals surface area (Å²) in [6, 6.07) is 0. The summed E-state index contributed by atoms with van der Waals surface area (Å²) < 4.78 is 43.0. The molecule has 9 atom stereocenters. The van der Waals surface area contributed by atoms with E-state index in [0.29, 0.717) is 11.2 Å². The van der Waals surface area contributed by atoms with E-state index in [-0.39, 0.29) is 18.8 Å². The fraction of sp³-hybridized carbons (Fsp3) is 0.600. The molecule has 2 fully saturated rings. The van der Waals surface area contributed by atoms with Crippen molar-refractivity contribution in [1.82, 2.24) is 29.7 Å². The highest BCUT2D eigenvalue weighted by Gasteiger charge is 2.52. The third-order valence-electron chi connectivity index (χ3n) is 6.54. The number of nitrogens with one attached hydrogen (secondary N) is 1. The summed E-state index contributed by atoms with van der Waals surface area (Å²) in [7, 11) is 1.33. The highest BCUT2D eigenvalue weighted by atomic mass is 32.7. The molecule has 214 valence electrons. The van der Waals surface area contributed by atoms with Crippen LogP contribution in [-0.2, 0) is 32.6 Å². The van der Waals surface area contributed by atoms with Crippen molar-refractivity contribution in [2.45, 2.75) is 55.7 Å². The van der Waals surface area contributed by atoms with Gasteiger partial charge >= 0.3 is 6.80 Å². The fourth-order valence-corrected chi connectivity index (χ4v) is 6.14. The fourth-order valence-electron chi connectivity index (χ4n) is 4.65. The zero-order valence-corrected chi connectivity index (χ0v) is 22.2. The number of nitrogens with two attached hydrogens (primary N) is 1. The quantitative estimate of drug-likeness (QED) is 0.144. The van der Waals surface area contributed by atoms with Gasteiger partial charge in [0.25, 0.3) is 0 Å². The Hall–Kier alpha value is -2.38. The molecule has 17 nitrogen and oxygen atoms in total. The SMILES string of the molecule is COC1C(OP(=O)(S)OC[C@H]2O[C@@H](n3cnc4c(N)ncnc43)CC2O)[C@@H](CO)O[C@H]1N1C=CC(=O)NC1O. The monoisotopic (exact) mass is 589 g/mol. The van der Waals surface area contributed by atoms with Gasteiger partial charge in [-0.05, 0) is 0 Å². The van der Waals surface area contributed by atoms with Gasteiger partial charge in [0.1, 0.15) is 42.5 Å². The van der Waals surface area contributed by atoms with Gasteiger partial charge in [-0.1, -0.05) is 12.2 Å². The number of imidazole rings is 1. The van der Waals surface area contributed by atoms with E-state index >= 15 is 0 Å². The predicted molar refractivity (Wildman–Crippen MR) is 133 cm³/mol. The topological polar surface area (TPSA) is 226 Å². The predicted octanol–water partition coefficient (Wildman–Crippen LogP) is -1.55. The second kappa shape index (κ2) is 11.2. The maximum Gasteiger partial charge on any atom is 0.386 e. The Morgan fingerprint density at radius 3 is 2.77 bits per heavy atom. The summed E-state index contributed by atoms with van der Waals surface area (Å²) in [5.74, 6) is -0.308. The number of amides is 1. The van der Waals surface area contributed by atoms with Crippen molar-refractivity contribution in [3.8, 4) is 0 Å². The van der Waals surface area contributed by atoms with Crippen LogP contribution in [0, 0.1) is 0 Å². The lowest BCUT2D eigenvalue weighted by Crippen LogP contribution is -2.55. The van der Waals surface area contributed by atoms with Crippen molar-refractivity contribution < 1.29 is 47.9 Å². The lowest BCUT2D eigenvalue weighted by Gasteiger charge is -2.36. The highest BCUT2D eigenvalue weighted by Crippen LogP contribution is 2.56. The van der Waals surface area contributed by atoms with Crippen LogP contribution in [0.5, 0.6) is 0 Å². The average Bonchev–Trinajstić information content (AvgIpc) is 3.58. The van der Waals surface area contributed by atoms with Gasteiger partial charge in [0, 0.05) is 25.8 Å². The molecule has 1 amide bonds. The first-order valence-electron chi connectivity index (χ1n) is 11.8. The number of methoxy groups -OCH3 is 1. The Morgan fingerprint density at radius 2 is 2.05 bits per heavy atom. The second-order valence-corrected chi connectivity index (χ2v) is 11.8. The lowest BCUT2D eigenvalue weighted by atomic mass is 10.1. The van der Waals surface area contributed by atoms with Gasteiger partial charge in [-0.25, -0.2) is 19.5 Å². The van der Waals surface area contributed by atoms with E-state index in [1.54, 1.807) is 4.57 Å². The number of carbonyl (C=O) groups excluding carboxylic acids is 1. The molecule has 5 unspecified atom stereocenters. The molecule has 39 heavy (non-hydrogen) atoms. The summed E-state index contributed by atoms with van der Waals surface area (Å²) in [4.78, 5) is 25.0. The van der Waals surface area contributed by atoms with Crippen molar-refractivity contribution in [3.05, 3.63) is 24.9 Å². The zero-order chi connectivity index (χ0) is 27.9. The van der Waals surface area contributed by atoms with E-state index < -0.39 is 68.6 Å². The van der Waals surface area contributed by atoms with Gasteiger partial charge in [-0.15, -0.1) is 0 Å². The van der Waals surface area contributed by atoms with Crippen LogP contribution in [0.4, 0.5) is 5.82 Å². The number of nitrogen functional groups attached to an aromatic ring is 1. The normalized spacial score (nSPS) is 34.5. The first kappa shape index (κ1) is 28.2. The molecule has 6 N–H and O–H groups in total. The van der Waals surface area contributed by atoms with Crippen molar-refractivity contribution in [2.75, 3.05) is 26.1 Å². The minimum atomic E-state index is -4.13. The minimum Gasteiger partial charge on any atom is -0.394 e. The molecule has 2 saturated heterocycles.